The van der Waals surface area contributed by atoms with Gasteiger partial charge in [-0.1, -0.05) is 70.4 Å². The lowest BCUT2D eigenvalue weighted by Gasteiger charge is -2.48. The van der Waals surface area contributed by atoms with Gasteiger partial charge in [0, 0.05) is 22.1 Å². The van der Waals surface area contributed by atoms with Gasteiger partial charge in [0.1, 0.15) is 0 Å². The number of benzene rings is 1. The van der Waals surface area contributed by atoms with E-state index in [0.717, 1.165) is 5.92 Å². The third-order valence-corrected chi connectivity index (χ3v) is 7.37. The first-order chi connectivity index (χ1) is 12.5. The van der Waals surface area contributed by atoms with Crippen LogP contribution in [-0.4, -0.2) is 4.98 Å². The van der Waals surface area contributed by atoms with Crippen LogP contribution in [0, 0.1) is 5.92 Å². The molecule has 0 unspecified atom stereocenters. The van der Waals surface area contributed by atoms with Crippen molar-refractivity contribution in [1.82, 2.24) is 4.98 Å². The van der Waals surface area contributed by atoms with Crippen molar-refractivity contribution in [3.05, 3.63) is 47.7 Å². The first kappa shape index (κ1) is 16.4. The molecule has 0 amide bonds. The Kier molecular flexibility index (Phi) is 3.55. The zero-order chi connectivity index (χ0) is 17.9. The number of pyridine rings is 1. The van der Waals surface area contributed by atoms with Gasteiger partial charge in [0.15, 0.2) is 0 Å². The molecule has 136 valence electrons. The number of fused-ring (bicyclic) bond motifs is 3. The Hall–Kier alpha value is -1.76. The molecule has 0 bridgehead atoms. The minimum absolute atomic E-state index is 0.148. The monoisotopic (exact) mass is 345 g/mol. The Labute approximate surface area is 157 Å². The lowest BCUT2D eigenvalue weighted by Crippen LogP contribution is -2.41. The highest BCUT2D eigenvalue weighted by Crippen LogP contribution is 2.59. The molecule has 2 saturated carbocycles. The maximum absolute atomic E-state index is 3.92. The normalized spacial score (nSPS) is 20.7. The number of aromatic nitrogens is 1. The van der Waals surface area contributed by atoms with Crippen molar-refractivity contribution in [3.63, 3.8) is 0 Å². The smallest absolute Gasteiger partial charge is 0.0506 e. The van der Waals surface area contributed by atoms with Crippen LogP contribution in [0.1, 0.15) is 77.0 Å². The van der Waals surface area contributed by atoms with Crippen LogP contribution in [0.5, 0.6) is 0 Å². The van der Waals surface area contributed by atoms with E-state index in [2.05, 4.69) is 62.2 Å². The SMILES string of the molecule is CC(C)(C)c1ccc2c3ccccc3c(C3(C4CCCC4)CCC3)c-2[nH]1. The molecule has 1 heteroatoms. The van der Waals surface area contributed by atoms with Gasteiger partial charge in [0.05, 0.1) is 5.69 Å². The number of rotatable bonds is 2. The van der Waals surface area contributed by atoms with Crippen LogP contribution >= 0.6 is 0 Å². The van der Waals surface area contributed by atoms with Gasteiger partial charge < -0.3 is 4.98 Å². The molecule has 3 aliphatic carbocycles. The molecule has 2 fully saturated rings. The number of aromatic amines is 1. The number of hydrogen-bond donors (Lipinski definition) is 1. The fraction of sp³-hybridized carbons (Fsp3) is 0.520. The number of nitrogens with one attached hydrogen (secondary N) is 1. The average Bonchev–Trinajstić information content (AvgIpc) is 3.21. The standard InChI is InChI=1S/C25H31N/c1-24(2,3)21-14-13-20-18-11-6-7-12-19(18)22(23(20)26-21)25(15-8-16-25)17-9-4-5-10-17/h6-7,11-14,17,26H,4-5,8-10,15-16H2,1-3H3. The molecule has 5 rings (SSSR count). The Morgan fingerprint density at radius 1 is 0.885 bits per heavy atom. The maximum atomic E-state index is 3.92. The third-order valence-electron chi connectivity index (χ3n) is 7.37. The van der Waals surface area contributed by atoms with Gasteiger partial charge in [-0.3, -0.25) is 0 Å². The van der Waals surface area contributed by atoms with Crippen molar-refractivity contribution in [2.75, 3.05) is 0 Å². The molecule has 0 saturated heterocycles. The van der Waals surface area contributed by atoms with E-state index in [-0.39, 0.29) is 5.41 Å². The fourth-order valence-corrected chi connectivity index (χ4v) is 5.84. The molecule has 1 nitrogen and oxygen atoms in total. The molecule has 1 aromatic carbocycles. The van der Waals surface area contributed by atoms with Gasteiger partial charge in [-0.2, -0.15) is 0 Å². The van der Waals surface area contributed by atoms with Crippen LogP contribution < -0.4 is 0 Å². The Bertz CT molecular complexity index is 913. The van der Waals surface area contributed by atoms with E-state index >= 15 is 0 Å². The summed E-state index contributed by atoms with van der Waals surface area (Å²) >= 11 is 0. The second-order valence-electron chi connectivity index (χ2n) is 9.82. The first-order valence-electron chi connectivity index (χ1n) is 10.6. The average molecular weight is 346 g/mol. The lowest BCUT2D eigenvalue weighted by molar-refractivity contribution is 0.150. The molecule has 26 heavy (non-hydrogen) atoms. The predicted octanol–water partition coefficient (Wildman–Crippen LogP) is 7.18. The molecule has 4 aliphatic rings. The summed E-state index contributed by atoms with van der Waals surface area (Å²) in [6.07, 6.45) is 9.89. The van der Waals surface area contributed by atoms with Crippen molar-refractivity contribution in [1.29, 1.82) is 0 Å². The molecule has 1 aromatic rings. The van der Waals surface area contributed by atoms with E-state index in [4.69, 9.17) is 0 Å². The van der Waals surface area contributed by atoms with E-state index in [1.807, 2.05) is 0 Å². The predicted molar refractivity (Wildman–Crippen MR) is 111 cm³/mol. The Balaban J connectivity index is 1.81. The van der Waals surface area contributed by atoms with Crippen LogP contribution in [-0.2, 0) is 10.8 Å². The quantitative estimate of drug-likeness (QED) is 0.506. The van der Waals surface area contributed by atoms with Crippen molar-refractivity contribution < 1.29 is 0 Å². The van der Waals surface area contributed by atoms with Crippen LogP contribution in [0.15, 0.2) is 36.4 Å². The lowest BCUT2D eigenvalue weighted by atomic mass is 9.56. The highest BCUT2D eigenvalue weighted by Gasteiger charge is 2.49. The Morgan fingerprint density at radius 2 is 1.58 bits per heavy atom. The van der Waals surface area contributed by atoms with Crippen LogP contribution in [0.2, 0.25) is 0 Å². The summed E-state index contributed by atoms with van der Waals surface area (Å²) in [5.74, 6) is 0.886. The van der Waals surface area contributed by atoms with E-state index < -0.39 is 0 Å². The minimum Gasteiger partial charge on any atom is -0.358 e. The summed E-state index contributed by atoms with van der Waals surface area (Å²) in [6.45, 7) is 6.93. The van der Waals surface area contributed by atoms with Gasteiger partial charge >= 0.3 is 0 Å². The molecular formula is C25H31N. The number of H-pyrrole nitrogens is 1. The van der Waals surface area contributed by atoms with Gasteiger partial charge in [-0.15, -0.1) is 0 Å². The van der Waals surface area contributed by atoms with Crippen LogP contribution in [0.4, 0.5) is 0 Å². The van der Waals surface area contributed by atoms with Gasteiger partial charge in [-0.05, 0) is 54.0 Å². The van der Waals surface area contributed by atoms with Gasteiger partial charge in [-0.25, -0.2) is 0 Å². The molecule has 0 atom stereocenters. The summed E-state index contributed by atoms with van der Waals surface area (Å²) in [5, 5.41) is 2.95. The second kappa shape index (κ2) is 5.62. The highest BCUT2D eigenvalue weighted by atomic mass is 14.8. The summed E-state index contributed by atoms with van der Waals surface area (Å²) in [5.41, 5.74) is 6.44. The van der Waals surface area contributed by atoms with Crippen molar-refractivity contribution in [2.45, 2.75) is 76.5 Å². The molecule has 0 aromatic heterocycles. The van der Waals surface area contributed by atoms with E-state index in [9.17, 15) is 0 Å². The van der Waals surface area contributed by atoms with E-state index in [0.29, 0.717) is 5.41 Å². The largest absolute Gasteiger partial charge is 0.358 e. The first-order valence-corrected chi connectivity index (χ1v) is 10.6. The maximum Gasteiger partial charge on any atom is 0.0506 e. The molecule has 1 heterocycles. The second-order valence-corrected chi connectivity index (χ2v) is 9.82. The topological polar surface area (TPSA) is 15.8 Å². The van der Waals surface area contributed by atoms with Crippen molar-refractivity contribution in [2.24, 2.45) is 5.92 Å². The summed E-state index contributed by atoms with van der Waals surface area (Å²) in [4.78, 5) is 3.92. The van der Waals surface area contributed by atoms with Crippen molar-refractivity contribution in [3.8, 4) is 11.3 Å². The van der Waals surface area contributed by atoms with Crippen molar-refractivity contribution >= 4 is 10.8 Å². The third kappa shape index (κ3) is 2.22. The molecule has 1 aliphatic heterocycles. The van der Waals surface area contributed by atoms with Gasteiger partial charge in [0.2, 0.25) is 0 Å². The van der Waals surface area contributed by atoms with Crippen LogP contribution in [0.3, 0.4) is 0 Å². The fourth-order valence-electron chi connectivity index (χ4n) is 5.84. The molecule has 0 radical (unpaired) electrons. The summed E-state index contributed by atoms with van der Waals surface area (Å²) in [6, 6.07) is 13.8. The van der Waals surface area contributed by atoms with E-state index in [1.54, 1.807) is 5.56 Å². The zero-order valence-corrected chi connectivity index (χ0v) is 16.5. The zero-order valence-electron chi connectivity index (χ0n) is 16.5. The highest BCUT2D eigenvalue weighted by molar-refractivity contribution is 6.05. The van der Waals surface area contributed by atoms with Crippen LogP contribution in [0.25, 0.3) is 22.0 Å². The summed E-state index contributed by atoms with van der Waals surface area (Å²) < 4.78 is 0. The molecule has 1 N–H and O–H groups in total. The van der Waals surface area contributed by atoms with E-state index in [1.165, 1.54) is 72.7 Å². The minimum atomic E-state index is 0.148. The summed E-state index contributed by atoms with van der Waals surface area (Å²) in [7, 11) is 0. The molecule has 0 spiro atoms. The Morgan fingerprint density at radius 3 is 2.19 bits per heavy atom. The molecular weight excluding hydrogens is 314 g/mol. The van der Waals surface area contributed by atoms with Gasteiger partial charge in [0.25, 0.3) is 0 Å². The number of hydrogen-bond acceptors (Lipinski definition) is 0.